The second-order valence-corrected chi connectivity index (χ2v) is 9.75. The Kier molecular flexibility index (Phi) is 7.51. The van der Waals surface area contributed by atoms with Crippen LogP contribution in [-0.2, 0) is 16.6 Å². The standard InChI is InChI=1S/C12H21BrN2O2S3/c1-5-9(8-18-4)15(3)20(16,17)11-6-10(7-14-2)19-12(11)13/h6,9,14H,5,7-8H2,1-4H3. The fourth-order valence-corrected chi connectivity index (χ4v) is 6.87. The molecule has 0 aliphatic heterocycles. The zero-order chi connectivity index (χ0) is 15.3. The van der Waals surface area contributed by atoms with Crippen LogP contribution in [0.1, 0.15) is 18.2 Å². The van der Waals surface area contributed by atoms with Crippen LogP contribution in [0.4, 0.5) is 0 Å². The Labute approximate surface area is 138 Å². The third-order valence-corrected chi connectivity index (χ3v) is 7.94. The Balaban J connectivity index is 3.09. The lowest BCUT2D eigenvalue weighted by Crippen LogP contribution is -2.38. The van der Waals surface area contributed by atoms with Crippen LogP contribution in [0.2, 0.25) is 0 Å². The van der Waals surface area contributed by atoms with Crippen molar-refractivity contribution in [3.8, 4) is 0 Å². The van der Waals surface area contributed by atoms with E-state index < -0.39 is 10.0 Å². The first-order valence-electron chi connectivity index (χ1n) is 6.28. The van der Waals surface area contributed by atoms with Crippen molar-refractivity contribution in [3.05, 3.63) is 14.7 Å². The van der Waals surface area contributed by atoms with Crippen LogP contribution in [0.15, 0.2) is 14.7 Å². The summed E-state index contributed by atoms with van der Waals surface area (Å²) in [7, 11) is 0.0701. The summed E-state index contributed by atoms with van der Waals surface area (Å²) in [4.78, 5) is 1.37. The van der Waals surface area contributed by atoms with Crippen LogP contribution in [0.3, 0.4) is 0 Å². The summed E-state index contributed by atoms with van der Waals surface area (Å²) in [5.41, 5.74) is 0. The lowest BCUT2D eigenvalue weighted by Gasteiger charge is -2.25. The molecule has 4 nitrogen and oxygen atoms in total. The van der Waals surface area contributed by atoms with Gasteiger partial charge in [-0.1, -0.05) is 6.92 Å². The van der Waals surface area contributed by atoms with Crippen molar-refractivity contribution in [3.63, 3.8) is 0 Å². The molecule has 0 saturated heterocycles. The van der Waals surface area contributed by atoms with Gasteiger partial charge in [0, 0.05) is 30.3 Å². The minimum Gasteiger partial charge on any atom is -0.315 e. The van der Waals surface area contributed by atoms with Gasteiger partial charge in [-0.05, 0) is 41.7 Å². The van der Waals surface area contributed by atoms with E-state index >= 15 is 0 Å². The van der Waals surface area contributed by atoms with Crippen molar-refractivity contribution in [1.29, 1.82) is 0 Å². The summed E-state index contributed by atoms with van der Waals surface area (Å²) < 4.78 is 27.6. The molecule has 116 valence electrons. The largest absolute Gasteiger partial charge is 0.315 e. The van der Waals surface area contributed by atoms with E-state index in [1.54, 1.807) is 24.9 Å². The lowest BCUT2D eigenvalue weighted by molar-refractivity contribution is 0.385. The van der Waals surface area contributed by atoms with E-state index in [0.717, 1.165) is 17.1 Å². The molecule has 1 rings (SSSR count). The van der Waals surface area contributed by atoms with Crippen molar-refractivity contribution >= 4 is 49.1 Å². The minimum atomic E-state index is -3.44. The molecule has 1 aromatic heterocycles. The maximum atomic E-state index is 12.7. The van der Waals surface area contributed by atoms with Crippen LogP contribution in [0.25, 0.3) is 0 Å². The highest BCUT2D eigenvalue weighted by Crippen LogP contribution is 2.34. The predicted octanol–water partition coefficient (Wildman–Crippen LogP) is 2.99. The first-order chi connectivity index (χ1) is 9.38. The fourth-order valence-electron chi connectivity index (χ4n) is 1.86. The molecule has 0 aliphatic rings. The van der Waals surface area contributed by atoms with E-state index in [0.29, 0.717) is 15.2 Å². The molecule has 20 heavy (non-hydrogen) atoms. The number of thiophene rings is 1. The summed E-state index contributed by atoms with van der Waals surface area (Å²) in [5.74, 6) is 0.803. The van der Waals surface area contributed by atoms with Gasteiger partial charge in [0.2, 0.25) is 10.0 Å². The molecule has 1 heterocycles. The molecule has 0 amide bonds. The average molecular weight is 401 g/mol. The van der Waals surface area contributed by atoms with Crippen molar-refractivity contribution in [1.82, 2.24) is 9.62 Å². The van der Waals surface area contributed by atoms with Gasteiger partial charge >= 0.3 is 0 Å². The van der Waals surface area contributed by atoms with Crippen LogP contribution in [0, 0.1) is 0 Å². The summed E-state index contributed by atoms with van der Waals surface area (Å²) in [6.07, 6.45) is 2.80. The molecule has 1 atom stereocenters. The maximum absolute atomic E-state index is 12.7. The van der Waals surface area contributed by atoms with Gasteiger partial charge in [-0.2, -0.15) is 16.1 Å². The second-order valence-electron chi connectivity index (χ2n) is 4.42. The van der Waals surface area contributed by atoms with Gasteiger partial charge in [0.1, 0.15) is 4.90 Å². The van der Waals surface area contributed by atoms with E-state index in [9.17, 15) is 8.42 Å². The number of nitrogens with zero attached hydrogens (tertiary/aromatic N) is 1. The molecule has 1 aromatic rings. The molecule has 0 spiro atoms. The number of hydrogen-bond acceptors (Lipinski definition) is 5. The molecule has 1 N–H and O–H groups in total. The van der Waals surface area contributed by atoms with E-state index in [2.05, 4.69) is 21.2 Å². The summed E-state index contributed by atoms with van der Waals surface area (Å²) in [6, 6.07) is 1.78. The predicted molar refractivity (Wildman–Crippen MR) is 92.2 cm³/mol. The molecule has 0 radical (unpaired) electrons. The fraction of sp³-hybridized carbons (Fsp3) is 0.667. The molecule has 0 bridgehead atoms. The van der Waals surface area contributed by atoms with Gasteiger partial charge in [-0.3, -0.25) is 0 Å². The Morgan fingerprint density at radius 2 is 2.20 bits per heavy atom. The average Bonchev–Trinajstić information content (AvgIpc) is 2.77. The number of nitrogens with one attached hydrogen (secondary N) is 1. The van der Waals surface area contributed by atoms with Gasteiger partial charge in [0.15, 0.2) is 0 Å². The third-order valence-electron chi connectivity index (χ3n) is 3.06. The van der Waals surface area contributed by atoms with E-state index in [-0.39, 0.29) is 6.04 Å². The highest BCUT2D eigenvalue weighted by atomic mass is 79.9. The van der Waals surface area contributed by atoms with Crippen molar-refractivity contribution in [2.75, 3.05) is 26.1 Å². The topological polar surface area (TPSA) is 49.4 Å². The Morgan fingerprint density at radius 1 is 1.55 bits per heavy atom. The van der Waals surface area contributed by atoms with E-state index in [1.807, 2.05) is 20.2 Å². The Hall–Kier alpha value is 0.400. The van der Waals surface area contributed by atoms with Gasteiger partial charge in [-0.15, -0.1) is 11.3 Å². The van der Waals surface area contributed by atoms with Gasteiger partial charge in [-0.25, -0.2) is 8.42 Å². The number of rotatable bonds is 8. The number of halogens is 1. The van der Waals surface area contributed by atoms with Gasteiger partial charge in [0.05, 0.1) is 3.79 Å². The van der Waals surface area contributed by atoms with Gasteiger partial charge < -0.3 is 5.32 Å². The van der Waals surface area contributed by atoms with Crippen molar-refractivity contribution in [2.24, 2.45) is 0 Å². The first-order valence-corrected chi connectivity index (χ1v) is 10.7. The zero-order valence-corrected chi connectivity index (χ0v) is 16.2. The number of sulfonamides is 1. The summed E-state index contributed by atoms with van der Waals surface area (Å²) in [6.45, 7) is 2.69. The number of thioether (sulfide) groups is 1. The van der Waals surface area contributed by atoms with Crippen LogP contribution < -0.4 is 5.32 Å². The highest BCUT2D eigenvalue weighted by molar-refractivity contribution is 9.11. The van der Waals surface area contributed by atoms with Crippen LogP contribution in [0.5, 0.6) is 0 Å². The summed E-state index contributed by atoms with van der Waals surface area (Å²) in [5, 5.41) is 3.04. The lowest BCUT2D eigenvalue weighted by atomic mass is 10.3. The SMILES string of the molecule is CCC(CSC)N(C)S(=O)(=O)c1cc(CNC)sc1Br. The quantitative estimate of drug-likeness (QED) is 0.728. The number of hydrogen-bond donors (Lipinski definition) is 1. The normalized spacial score (nSPS) is 13.9. The maximum Gasteiger partial charge on any atom is 0.245 e. The molecule has 8 heteroatoms. The smallest absolute Gasteiger partial charge is 0.245 e. The highest BCUT2D eigenvalue weighted by Gasteiger charge is 2.29. The third kappa shape index (κ3) is 4.20. The molecule has 0 aromatic carbocycles. The molecule has 1 unspecified atom stereocenters. The van der Waals surface area contributed by atoms with E-state index in [1.165, 1.54) is 15.6 Å². The molecule has 0 saturated carbocycles. The molecular formula is C12H21BrN2O2S3. The first kappa shape index (κ1) is 18.4. The molecule has 0 fully saturated rings. The molecule has 0 aliphatic carbocycles. The summed E-state index contributed by atoms with van der Waals surface area (Å²) >= 11 is 6.51. The van der Waals surface area contributed by atoms with Crippen molar-refractivity contribution < 1.29 is 8.42 Å². The van der Waals surface area contributed by atoms with E-state index in [4.69, 9.17) is 0 Å². The monoisotopic (exact) mass is 400 g/mol. The zero-order valence-electron chi connectivity index (χ0n) is 12.1. The Bertz CT molecular complexity index is 531. The van der Waals surface area contributed by atoms with Crippen molar-refractivity contribution in [2.45, 2.75) is 30.8 Å². The van der Waals surface area contributed by atoms with Crippen LogP contribution >= 0.6 is 39.0 Å². The molecular weight excluding hydrogens is 380 g/mol. The minimum absolute atomic E-state index is 0.0227. The Morgan fingerprint density at radius 3 is 2.70 bits per heavy atom. The second kappa shape index (κ2) is 8.14. The van der Waals surface area contributed by atoms with Crippen LogP contribution in [-0.4, -0.2) is 44.9 Å². The van der Waals surface area contributed by atoms with Gasteiger partial charge in [0.25, 0.3) is 0 Å².